The number of para-hydroxylation sites is 1. The molecule has 43 heavy (non-hydrogen) atoms. The van der Waals surface area contributed by atoms with Gasteiger partial charge in [0.2, 0.25) is 0 Å². The van der Waals surface area contributed by atoms with Crippen LogP contribution in [0, 0.1) is 12.3 Å². The number of aromatic nitrogens is 2. The third-order valence-corrected chi connectivity index (χ3v) is 10.5. The van der Waals surface area contributed by atoms with Gasteiger partial charge in [0.05, 0.1) is 34.0 Å². The molecule has 1 unspecified atom stereocenters. The normalized spacial score (nSPS) is 16.3. The molecule has 0 bridgehead atoms. The summed E-state index contributed by atoms with van der Waals surface area (Å²) >= 11 is 6.49. The summed E-state index contributed by atoms with van der Waals surface area (Å²) in [4.78, 5) is 28.9. The largest absolute Gasteiger partial charge is 0.497 e. The van der Waals surface area contributed by atoms with Crippen LogP contribution in [0.1, 0.15) is 41.4 Å². The summed E-state index contributed by atoms with van der Waals surface area (Å²) in [6, 6.07) is 20.9. The van der Waals surface area contributed by atoms with Crippen molar-refractivity contribution in [2.75, 3.05) is 31.6 Å². The van der Waals surface area contributed by atoms with Gasteiger partial charge in [0, 0.05) is 33.1 Å². The van der Waals surface area contributed by atoms with E-state index in [0.29, 0.717) is 24.5 Å². The summed E-state index contributed by atoms with van der Waals surface area (Å²) in [6.45, 7) is 6.79. The lowest BCUT2D eigenvalue weighted by Gasteiger charge is -2.25. The quantitative estimate of drug-likeness (QED) is 0.281. The molecule has 11 heteroatoms. The van der Waals surface area contributed by atoms with Gasteiger partial charge in [0.25, 0.3) is 21.5 Å². The van der Waals surface area contributed by atoms with Crippen molar-refractivity contribution in [2.24, 2.45) is 12.5 Å². The highest BCUT2D eigenvalue weighted by molar-refractivity contribution is 7.92. The fraction of sp³-hybridized carbons (Fsp3) is 0.312. The van der Waals surface area contributed by atoms with E-state index in [2.05, 4.69) is 13.8 Å². The van der Waals surface area contributed by atoms with E-state index >= 15 is 0 Å². The first-order chi connectivity index (χ1) is 20.3. The van der Waals surface area contributed by atoms with Crippen LogP contribution in [-0.4, -0.2) is 55.8 Å². The van der Waals surface area contributed by atoms with E-state index in [9.17, 15) is 18.0 Å². The molecule has 1 aliphatic rings. The van der Waals surface area contributed by atoms with Crippen LogP contribution in [0.15, 0.2) is 82.5 Å². The van der Waals surface area contributed by atoms with Gasteiger partial charge in [0.1, 0.15) is 11.4 Å². The van der Waals surface area contributed by atoms with Crippen molar-refractivity contribution in [3.05, 3.63) is 105 Å². The zero-order valence-corrected chi connectivity index (χ0v) is 26.6. The van der Waals surface area contributed by atoms with E-state index in [1.165, 1.54) is 29.9 Å². The molecule has 4 aromatic rings. The Kier molecular flexibility index (Phi) is 7.96. The molecule has 0 spiro atoms. The molecule has 9 nitrogen and oxygen atoms in total. The van der Waals surface area contributed by atoms with Gasteiger partial charge in [0.15, 0.2) is 0 Å². The van der Waals surface area contributed by atoms with Crippen LogP contribution in [0.3, 0.4) is 0 Å². The molecule has 1 aromatic heterocycles. The number of carbonyl (C=O) groups is 1. The van der Waals surface area contributed by atoms with E-state index < -0.39 is 15.6 Å². The zero-order chi connectivity index (χ0) is 31.3. The third-order valence-electron chi connectivity index (χ3n) is 8.39. The van der Waals surface area contributed by atoms with E-state index in [0.717, 1.165) is 15.6 Å². The molecule has 0 saturated carbocycles. The summed E-state index contributed by atoms with van der Waals surface area (Å²) < 4.78 is 37.2. The van der Waals surface area contributed by atoms with Gasteiger partial charge >= 0.3 is 0 Å². The summed E-state index contributed by atoms with van der Waals surface area (Å²) in [7, 11) is 0.415. The lowest BCUT2D eigenvalue weighted by atomic mass is 9.78. The van der Waals surface area contributed by atoms with E-state index in [1.807, 2.05) is 30.3 Å². The van der Waals surface area contributed by atoms with Gasteiger partial charge in [-0.2, -0.15) is 0 Å². The number of likely N-dealkylation sites (tertiary alicyclic amines) is 1. The van der Waals surface area contributed by atoms with Crippen molar-refractivity contribution in [3.8, 4) is 11.4 Å². The number of methoxy groups -OCH3 is 1. The van der Waals surface area contributed by atoms with Crippen LogP contribution < -0.4 is 14.6 Å². The van der Waals surface area contributed by atoms with Crippen LogP contribution in [0.2, 0.25) is 5.02 Å². The molecule has 1 atom stereocenters. The maximum absolute atomic E-state index is 13.9. The highest BCUT2D eigenvalue weighted by Gasteiger charge is 2.43. The fourth-order valence-electron chi connectivity index (χ4n) is 5.90. The Balaban J connectivity index is 1.47. The highest BCUT2D eigenvalue weighted by Crippen LogP contribution is 2.44. The molecule has 1 aliphatic heterocycles. The molecule has 2 heterocycles. The molecule has 5 rings (SSSR count). The van der Waals surface area contributed by atoms with Crippen LogP contribution in [0.4, 0.5) is 5.69 Å². The number of hydrogen-bond acceptors (Lipinski definition) is 5. The second-order valence-corrected chi connectivity index (χ2v) is 13.9. The number of ether oxygens (including phenoxy) is 1. The number of rotatable bonds is 7. The van der Waals surface area contributed by atoms with Crippen LogP contribution in [-0.2, 0) is 17.1 Å². The first kappa shape index (κ1) is 30.4. The van der Waals surface area contributed by atoms with Gasteiger partial charge < -0.3 is 9.64 Å². The minimum Gasteiger partial charge on any atom is -0.497 e. The second-order valence-electron chi connectivity index (χ2n) is 11.5. The Morgan fingerprint density at radius 1 is 1.05 bits per heavy atom. The van der Waals surface area contributed by atoms with Crippen molar-refractivity contribution in [3.63, 3.8) is 0 Å². The number of halogens is 1. The number of carbonyl (C=O) groups excluding carboxylic acids is 1. The molecule has 0 N–H and O–H groups in total. The van der Waals surface area contributed by atoms with E-state index in [-0.39, 0.29) is 38.4 Å². The van der Waals surface area contributed by atoms with Crippen molar-refractivity contribution < 1.29 is 17.9 Å². The smallest absolute Gasteiger partial charge is 0.296 e. The molecule has 1 saturated heterocycles. The molecule has 0 radical (unpaired) electrons. The van der Waals surface area contributed by atoms with Gasteiger partial charge in [-0.1, -0.05) is 55.8 Å². The lowest BCUT2D eigenvalue weighted by Crippen LogP contribution is -2.33. The van der Waals surface area contributed by atoms with Crippen molar-refractivity contribution >= 4 is 33.2 Å². The standard InChI is InChI=1S/C32H35ClN4O5S/c1-21-29(31(39)37(34(21)4)23-12-8-7-9-13-23)35(5)43(40,41)25-15-16-28(33)26(18-25)30(38)36-19-27(32(2,3)20-36)22-11-10-14-24(17-22)42-6/h7-18,27H,19-20H2,1-6H3. The first-order valence-electron chi connectivity index (χ1n) is 13.8. The number of benzene rings is 3. The molecule has 226 valence electrons. The molecule has 1 fully saturated rings. The minimum absolute atomic E-state index is 0.0107. The Hall–Kier alpha value is -4.02. The topological polar surface area (TPSA) is 93.8 Å². The van der Waals surface area contributed by atoms with Gasteiger partial charge in [-0.05, 0) is 60.4 Å². The summed E-state index contributed by atoms with van der Waals surface area (Å²) in [5.41, 5.74) is 1.50. The summed E-state index contributed by atoms with van der Waals surface area (Å²) in [6.07, 6.45) is 0. The van der Waals surface area contributed by atoms with E-state index in [4.69, 9.17) is 16.3 Å². The van der Waals surface area contributed by atoms with Crippen LogP contribution >= 0.6 is 11.6 Å². The Labute approximate surface area is 256 Å². The number of anilines is 1. The van der Waals surface area contributed by atoms with Gasteiger partial charge in [-0.15, -0.1) is 0 Å². The van der Waals surface area contributed by atoms with E-state index in [1.54, 1.807) is 54.9 Å². The van der Waals surface area contributed by atoms with Crippen LogP contribution in [0.25, 0.3) is 5.69 Å². The minimum atomic E-state index is -4.24. The van der Waals surface area contributed by atoms with Crippen molar-refractivity contribution in [1.29, 1.82) is 0 Å². The highest BCUT2D eigenvalue weighted by atomic mass is 35.5. The van der Waals surface area contributed by atoms with Crippen molar-refractivity contribution in [2.45, 2.75) is 31.6 Å². The predicted octanol–water partition coefficient (Wildman–Crippen LogP) is 5.24. The third kappa shape index (κ3) is 5.34. The monoisotopic (exact) mass is 622 g/mol. The van der Waals surface area contributed by atoms with Crippen molar-refractivity contribution in [1.82, 2.24) is 14.3 Å². The molecular weight excluding hydrogens is 588 g/mol. The van der Waals surface area contributed by atoms with Gasteiger partial charge in [-0.25, -0.2) is 13.1 Å². The number of hydrogen-bond donors (Lipinski definition) is 0. The number of amides is 1. The SMILES string of the molecule is COc1cccc(C2CN(C(=O)c3cc(S(=O)(=O)N(C)c4c(C)n(C)n(-c5ccccc5)c4=O)ccc3Cl)CC2(C)C)c1. The first-order valence-corrected chi connectivity index (χ1v) is 15.7. The lowest BCUT2D eigenvalue weighted by molar-refractivity contribution is 0.0778. The fourth-order valence-corrected chi connectivity index (χ4v) is 7.37. The predicted molar refractivity (Wildman–Crippen MR) is 168 cm³/mol. The number of nitrogens with zero attached hydrogens (tertiary/aromatic N) is 4. The van der Waals surface area contributed by atoms with Gasteiger partial charge in [-0.3, -0.25) is 18.6 Å². The molecule has 3 aromatic carbocycles. The Morgan fingerprint density at radius 2 is 1.74 bits per heavy atom. The Morgan fingerprint density at radius 3 is 2.42 bits per heavy atom. The summed E-state index contributed by atoms with van der Waals surface area (Å²) in [5.74, 6) is 0.425. The zero-order valence-electron chi connectivity index (χ0n) is 25.0. The average Bonchev–Trinajstić information content (AvgIpc) is 3.43. The average molecular weight is 623 g/mol. The second kappa shape index (κ2) is 11.2. The summed E-state index contributed by atoms with van der Waals surface area (Å²) in [5, 5.41) is 0.150. The maximum Gasteiger partial charge on any atom is 0.296 e. The molecule has 0 aliphatic carbocycles. The molecular formula is C32H35ClN4O5S. The Bertz CT molecular complexity index is 1860. The molecule has 1 amide bonds. The number of sulfonamides is 1. The maximum atomic E-state index is 13.9. The van der Waals surface area contributed by atoms with Crippen LogP contribution in [0.5, 0.6) is 5.75 Å².